The van der Waals surface area contributed by atoms with E-state index in [4.69, 9.17) is 0 Å². The van der Waals surface area contributed by atoms with E-state index in [-0.39, 0.29) is 11.4 Å². The Labute approximate surface area is 103 Å². The summed E-state index contributed by atoms with van der Waals surface area (Å²) < 4.78 is 0. The lowest BCUT2D eigenvalue weighted by molar-refractivity contribution is 0.0919. The molecule has 94 valence electrons. The maximum atomic E-state index is 11.8. The summed E-state index contributed by atoms with van der Waals surface area (Å²) in [6, 6.07) is 3.61. The van der Waals surface area contributed by atoms with Crippen LogP contribution in [0.5, 0.6) is 0 Å². The second-order valence-corrected chi connectivity index (χ2v) is 5.06. The first-order valence-corrected chi connectivity index (χ1v) is 5.95. The van der Waals surface area contributed by atoms with Gasteiger partial charge in [0.05, 0.1) is 5.56 Å². The first kappa shape index (κ1) is 13.5. The van der Waals surface area contributed by atoms with Crippen molar-refractivity contribution in [1.29, 1.82) is 0 Å². The number of amides is 1. The third-order valence-corrected chi connectivity index (χ3v) is 2.07. The summed E-state index contributed by atoms with van der Waals surface area (Å²) in [7, 11) is 0. The molecule has 4 nitrogen and oxygen atoms in total. The van der Waals surface area contributed by atoms with Crippen molar-refractivity contribution in [3.63, 3.8) is 0 Å². The Hall–Kier alpha value is -1.58. The molecule has 0 fully saturated rings. The fourth-order valence-electron chi connectivity index (χ4n) is 1.30. The predicted molar refractivity (Wildman–Crippen MR) is 70.2 cm³/mol. The zero-order valence-electron chi connectivity index (χ0n) is 11.0. The maximum Gasteiger partial charge on any atom is 0.253 e. The van der Waals surface area contributed by atoms with Gasteiger partial charge in [-0.3, -0.25) is 4.79 Å². The highest BCUT2D eigenvalue weighted by Crippen LogP contribution is 2.07. The fraction of sp³-hybridized carbons (Fsp3) is 0.538. The molecule has 0 bridgehead atoms. The van der Waals surface area contributed by atoms with Gasteiger partial charge in [-0.15, -0.1) is 0 Å². The van der Waals surface area contributed by atoms with Gasteiger partial charge >= 0.3 is 0 Å². The molecule has 0 aromatic carbocycles. The Morgan fingerprint density at radius 2 is 2.06 bits per heavy atom. The van der Waals surface area contributed by atoms with Crippen molar-refractivity contribution in [1.82, 2.24) is 10.3 Å². The molecule has 0 aliphatic carbocycles. The zero-order valence-corrected chi connectivity index (χ0v) is 11.0. The van der Waals surface area contributed by atoms with Crippen molar-refractivity contribution >= 4 is 11.7 Å². The van der Waals surface area contributed by atoms with Crippen LogP contribution in [0.2, 0.25) is 0 Å². The van der Waals surface area contributed by atoms with E-state index in [1.165, 1.54) is 0 Å². The van der Waals surface area contributed by atoms with E-state index in [9.17, 15) is 4.79 Å². The average molecular weight is 235 g/mol. The van der Waals surface area contributed by atoms with Gasteiger partial charge in [0, 0.05) is 18.3 Å². The number of hydrogen-bond acceptors (Lipinski definition) is 3. The highest BCUT2D eigenvalue weighted by Gasteiger charge is 2.15. The summed E-state index contributed by atoms with van der Waals surface area (Å²) in [6.45, 7) is 8.85. The van der Waals surface area contributed by atoms with Gasteiger partial charge in [0.2, 0.25) is 0 Å². The van der Waals surface area contributed by atoms with E-state index in [0.717, 1.165) is 18.8 Å². The van der Waals surface area contributed by atoms with Gasteiger partial charge in [0.25, 0.3) is 5.91 Å². The summed E-state index contributed by atoms with van der Waals surface area (Å²) in [5, 5.41) is 6.06. The van der Waals surface area contributed by atoms with Gasteiger partial charge in [0.15, 0.2) is 0 Å². The van der Waals surface area contributed by atoms with Crippen LogP contribution < -0.4 is 10.6 Å². The van der Waals surface area contributed by atoms with Crippen LogP contribution in [0.25, 0.3) is 0 Å². The summed E-state index contributed by atoms with van der Waals surface area (Å²) in [6.07, 6.45) is 2.65. The van der Waals surface area contributed by atoms with Crippen molar-refractivity contribution in [2.45, 2.75) is 39.7 Å². The number of pyridine rings is 1. The molecule has 4 heteroatoms. The molecule has 0 aliphatic heterocycles. The maximum absolute atomic E-state index is 11.8. The number of nitrogens with zero attached hydrogens (tertiary/aromatic N) is 1. The highest BCUT2D eigenvalue weighted by atomic mass is 16.1. The van der Waals surface area contributed by atoms with Crippen LogP contribution in [0.15, 0.2) is 18.3 Å². The molecule has 1 aromatic heterocycles. The topological polar surface area (TPSA) is 54.0 Å². The van der Waals surface area contributed by atoms with Crippen LogP contribution in [0.3, 0.4) is 0 Å². The van der Waals surface area contributed by atoms with Crippen molar-refractivity contribution in [3.05, 3.63) is 23.9 Å². The van der Waals surface area contributed by atoms with E-state index in [1.807, 2.05) is 26.8 Å². The lowest BCUT2D eigenvalue weighted by Crippen LogP contribution is -2.40. The molecule has 0 saturated heterocycles. The molecule has 0 aliphatic rings. The number of aromatic nitrogens is 1. The van der Waals surface area contributed by atoms with E-state index in [2.05, 4.69) is 22.5 Å². The smallest absolute Gasteiger partial charge is 0.253 e. The molecule has 0 unspecified atom stereocenters. The molecule has 2 N–H and O–H groups in total. The molecule has 0 radical (unpaired) electrons. The molecule has 1 heterocycles. The second-order valence-electron chi connectivity index (χ2n) is 5.06. The lowest BCUT2D eigenvalue weighted by atomic mass is 10.1. The Balaban J connectivity index is 2.64. The van der Waals surface area contributed by atoms with Crippen LogP contribution in [0.1, 0.15) is 44.5 Å². The van der Waals surface area contributed by atoms with Crippen LogP contribution in [0, 0.1) is 0 Å². The molecule has 0 atom stereocenters. The first-order chi connectivity index (χ1) is 7.92. The van der Waals surface area contributed by atoms with Gasteiger partial charge in [-0.2, -0.15) is 0 Å². The Morgan fingerprint density at radius 3 is 2.53 bits per heavy atom. The predicted octanol–water partition coefficient (Wildman–Crippen LogP) is 2.43. The van der Waals surface area contributed by atoms with Crippen molar-refractivity contribution in [2.24, 2.45) is 0 Å². The van der Waals surface area contributed by atoms with E-state index in [0.29, 0.717) is 5.56 Å². The Morgan fingerprint density at radius 1 is 1.35 bits per heavy atom. The van der Waals surface area contributed by atoms with Gasteiger partial charge in [-0.05, 0) is 39.3 Å². The number of nitrogens with one attached hydrogen (secondary N) is 2. The molecule has 1 rings (SSSR count). The van der Waals surface area contributed by atoms with Crippen LogP contribution in [0.4, 0.5) is 5.82 Å². The molecule has 1 aromatic rings. The largest absolute Gasteiger partial charge is 0.370 e. The number of hydrogen-bond donors (Lipinski definition) is 2. The van der Waals surface area contributed by atoms with Crippen LogP contribution in [-0.2, 0) is 0 Å². The number of rotatable bonds is 4. The van der Waals surface area contributed by atoms with E-state index < -0.39 is 0 Å². The van der Waals surface area contributed by atoms with E-state index >= 15 is 0 Å². The Kier molecular flexibility index (Phi) is 4.49. The van der Waals surface area contributed by atoms with E-state index in [1.54, 1.807) is 12.3 Å². The summed E-state index contributed by atoms with van der Waals surface area (Å²) in [4.78, 5) is 16.0. The van der Waals surface area contributed by atoms with Crippen molar-refractivity contribution in [2.75, 3.05) is 11.9 Å². The third kappa shape index (κ3) is 4.85. The minimum Gasteiger partial charge on any atom is -0.370 e. The van der Waals surface area contributed by atoms with Gasteiger partial charge in [0.1, 0.15) is 5.82 Å². The average Bonchev–Trinajstić information content (AvgIpc) is 2.24. The number of carbonyl (C=O) groups is 1. The standard InChI is InChI=1S/C13H21N3O/c1-5-8-14-11-7-6-10(9-15-11)12(17)16-13(2,3)4/h6-7,9H,5,8H2,1-4H3,(H,14,15)(H,16,17). The molecular weight excluding hydrogens is 214 g/mol. The number of anilines is 1. The number of carbonyl (C=O) groups excluding carboxylic acids is 1. The van der Waals surface area contributed by atoms with Crippen molar-refractivity contribution in [3.8, 4) is 0 Å². The minimum absolute atomic E-state index is 0.0907. The third-order valence-electron chi connectivity index (χ3n) is 2.07. The monoisotopic (exact) mass is 235 g/mol. The second kappa shape index (κ2) is 5.66. The highest BCUT2D eigenvalue weighted by molar-refractivity contribution is 5.94. The molecule has 0 spiro atoms. The lowest BCUT2D eigenvalue weighted by Gasteiger charge is -2.20. The minimum atomic E-state index is -0.226. The zero-order chi connectivity index (χ0) is 12.9. The normalized spacial score (nSPS) is 11.1. The fourth-order valence-corrected chi connectivity index (χ4v) is 1.30. The summed E-state index contributed by atoms with van der Waals surface area (Å²) in [5.41, 5.74) is 0.359. The molecule has 0 saturated carbocycles. The van der Waals surface area contributed by atoms with Crippen molar-refractivity contribution < 1.29 is 4.79 Å². The SMILES string of the molecule is CCCNc1ccc(C(=O)NC(C)(C)C)cn1. The first-order valence-electron chi connectivity index (χ1n) is 5.95. The van der Waals surface area contributed by atoms with Gasteiger partial charge in [-0.1, -0.05) is 6.92 Å². The Bertz CT molecular complexity index is 365. The van der Waals surface area contributed by atoms with Crippen LogP contribution in [-0.4, -0.2) is 23.0 Å². The summed E-state index contributed by atoms with van der Waals surface area (Å²) in [5.74, 6) is 0.714. The van der Waals surface area contributed by atoms with Gasteiger partial charge in [-0.25, -0.2) is 4.98 Å². The molecule has 1 amide bonds. The van der Waals surface area contributed by atoms with Crippen LogP contribution >= 0.6 is 0 Å². The van der Waals surface area contributed by atoms with Gasteiger partial charge < -0.3 is 10.6 Å². The summed E-state index contributed by atoms with van der Waals surface area (Å²) >= 11 is 0. The molecule has 17 heavy (non-hydrogen) atoms. The molecular formula is C13H21N3O. The quantitative estimate of drug-likeness (QED) is 0.842.